The van der Waals surface area contributed by atoms with Gasteiger partial charge >= 0.3 is 0 Å². The van der Waals surface area contributed by atoms with Crippen molar-refractivity contribution in [1.29, 1.82) is 0 Å². The average Bonchev–Trinajstić information content (AvgIpc) is 2.48. The van der Waals surface area contributed by atoms with Crippen LogP contribution in [0.1, 0.15) is 0 Å². The van der Waals surface area contributed by atoms with Crippen LogP contribution in [-0.2, 0) is 14.4 Å². The highest BCUT2D eigenvalue weighted by atomic mass is 16.7. The number of hydrogen-bond donors (Lipinski definition) is 3. The lowest BCUT2D eigenvalue weighted by molar-refractivity contribution is -0.127. The molecular weight excluding hydrogens is 174 g/mol. The number of nitrogens with two attached hydrogens (primary N) is 1. The quantitative estimate of drug-likeness (QED) is 0.445. The van der Waals surface area contributed by atoms with E-state index >= 15 is 0 Å². The van der Waals surface area contributed by atoms with E-state index in [4.69, 9.17) is 5.73 Å². The first-order chi connectivity index (χ1) is 6.24. The zero-order chi connectivity index (χ0) is 9.68. The van der Waals surface area contributed by atoms with Crippen molar-refractivity contribution in [2.24, 2.45) is 5.73 Å². The molecular formula is C7H11N3O3. The van der Waals surface area contributed by atoms with Crippen molar-refractivity contribution in [2.75, 3.05) is 13.2 Å². The average molecular weight is 185 g/mol. The highest BCUT2D eigenvalue weighted by Gasteiger charge is 2.26. The fraction of sp³-hybridized carbons (Fsp3) is 0.429. The first-order valence-electron chi connectivity index (χ1n) is 3.83. The Hall–Kier alpha value is -1.40. The van der Waals surface area contributed by atoms with Crippen molar-refractivity contribution < 1.29 is 14.4 Å². The number of rotatable bonds is 3. The van der Waals surface area contributed by atoms with Crippen LogP contribution in [-0.4, -0.2) is 31.0 Å². The van der Waals surface area contributed by atoms with Crippen molar-refractivity contribution in [2.45, 2.75) is 6.04 Å². The molecule has 1 fully saturated rings. The fourth-order valence-electron chi connectivity index (χ4n) is 0.845. The molecule has 4 N–H and O–H groups in total. The molecule has 1 rings (SSSR count). The number of nitrogens with one attached hydrogen (secondary N) is 2. The molecule has 0 aromatic rings. The number of carbonyl (C=O) groups is 2. The van der Waals surface area contributed by atoms with E-state index in [0.29, 0.717) is 6.54 Å². The Balaban J connectivity index is 2.35. The van der Waals surface area contributed by atoms with Gasteiger partial charge in [-0.1, -0.05) is 6.08 Å². The smallest absolute Gasteiger partial charge is 0.268 e. The molecule has 72 valence electrons. The molecule has 0 radical (unpaired) electrons. The minimum atomic E-state index is -0.602. The van der Waals surface area contributed by atoms with Gasteiger partial charge in [0.2, 0.25) is 5.91 Å². The molecule has 0 aliphatic carbocycles. The van der Waals surface area contributed by atoms with Gasteiger partial charge in [-0.05, 0) is 0 Å². The minimum absolute atomic E-state index is 0.154. The molecule has 6 nitrogen and oxygen atoms in total. The third-order valence-electron chi connectivity index (χ3n) is 1.46. The van der Waals surface area contributed by atoms with E-state index in [-0.39, 0.29) is 18.4 Å². The SMILES string of the molecule is NC/C=C/C(=O)NC1CONC1=O. The molecule has 1 unspecified atom stereocenters. The Bertz CT molecular complexity index is 239. The Morgan fingerprint density at radius 3 is 3.15 bits per heavy atom. The molecule has 1 saturated heterocycles. The van der Waals surface area contributed by atoms with Gasteiger partial charge in [0.25, 0.3) is 5.91 Å². The highest BCUT2D eigenvalue weighted by molar-refractivity contribution is 5.93. The van der Waals surface area contributed by atoms with Crippen LogP contribution in [0.2, 0.25) is 0 Å². The van der Waals surface area contributed by atoms with Crippen LogP contribution in [0.4, 0.5) is 0 Å². The van der Waals surface area contributed by atoms with E-state index in [9.17, 15) is 9.59 Å². The Morgan fingerprint density at radius 1 is 1.85 bits per heavy atom. The molecule has 13 heavy (non-hydrogen) atoms. The van der Waals surface area contributed by atoms with Gasteiger partial charge in [0, 0.05) is 12.6 Å². The van der Waals surface area contributed by atoms with Gasteiger partial charge in [-0.3, -0.25) is 14.4 Å². The molecule has 2 amide bonds. The Morgan fingerprint density at radius 2 is 2.62 bits per heavy atom. The summed E-state index contributed by atoms with van der Waals surface area (Å²) < 4.78 is 0. The van der Waals surface area contributed by atoms with Crippen LogP contribution in [0.25, 0.3) is 0 Å². The topological polar surface area (TPSA) is 93.5 Å². The van der Waals surface area contributed by atoms with Crippen LogP contribution in [0.3, 0.4) is 0 Å². The predicted molar refractivity (Wildman–Crippen MR) is 44.2 cm³/mol. The first-order valence-corrected chi connectivity index (χ1v) is 3.83. The van der Waals surface area contributed by atoms with Crippen molar-refractivity contribution in [3.05, 3.63) is 12.2 Å². The largest absolute Gasteiger partial charge is 0.339 e. The standard InChI is InChI=1S/C7H11N3O3/c8-3-1-2-6(11)9-5-4-13-10-7(5)12/h1-2,5H,3-4,8H2,(H,9,11)(H,10,12)/b2-1+. The van der Waals surface area contributed by atoms with Gasteiger partial charge < -0.3 is 11.1 Å². The summed E-state index contributed by atoms with van der Waals surface area (Å²) in [6.07, 6.45) is 2.79. The van der Waals surface area contributed by atoms with Crippen molar-refractivity contribution in [3.8, 4) is 0 Å². The van der Waals surface area contributed by atoms with E-state index in [0.717, 1.165) is 0 Å². The molecule has 0 spiro atoms. The molecule has 1 atom stereocenters. The summed E-state index contributed by atoms with van der Waals surface area (Å²) in [5.41, 5.74) is 7.27. The van der Waals surface area contributed by atoms with Crippen molar-refractivity contribution in [3.63, 3.8) is 0 Å². The summed E-state index contributed by atoms with van der Waals surface area (Å²) in [6.45, 7) is 0.446. The van der Waals surface area contributed by atoms with Crippen molar-refractivity contribution >= 4 is 11.8 Å². The van der Waals surface area contributed by atoms with Crippen LogP contribution >= 0.6 is 0 Å². The lowest BCUT2D eigenvalue weighted by Crippen LogP contribution is -2.40. The second-order valence-electron chi connectivity index (χ2n) is 2.48. The lowest BCUT2D eigenvalue weighted by Gasteiger charge is -2.04. The normalized spacial score (nSPS) is 21.9. The molecule has 1 aliphatic heterocycles. The molecule has 0 bridgehead atoms. The van der Waals surface area contributed by atoms with Crippen molar-refractivity contribution in [1.82, 2.24) is 10.8 Å². The summed E-state index contributed by atoms with van der Waals surface area (Å²) in [6, 6.07) is -0.602. The second kappa shape index (κ2) is 4.58. The molecule has 1 aliphatic rings. The fourth-order valence-corrected chi connectivity index (χ4v) is 0.845. The number of carbonyl (C=O) groups excluding carboxylic acids is 2. The molecule has 0 aromatic carbocycles. The maximum Gasteiger partial charge on any atom is 0.268 e. The van der Waals surface area contributed by atoms with E-state index in [2.05, 4.69) is 15.6 Å². The predicted octanol–water partition coefficient (Wildman–Crippen LogP) is -1.95. The summed E-state index contributed by atoms with van der Waals surface area (Å²) in [5, 5.41) is 2.45. The summed E-state index contributed by atoms with van der Waals surface area (Å²) in [5.74, 6) is -0.689. The monoisotopic (exact) mass is 185 g/mol. The van der Waals surface area contributed by atoms with Crippen LogP contribution in [0.5, 0.6) is 0 Å². The van der Waals surface area contributed by atoms with E-state index in [1.165, 1.54) is 12.2 Å². The third kappa shape index (κ3) is 2.85. The van der Waals surface area contributed by atoms with Gasteiger partial charge in [0.1, 0.15) is 12.6 Å². The van der Waals surface area contributed by atoms with Crippen LogP contribution < -0.4 is 16.5 Å². The van der Waals surface area contributed by atoms with E-state index in [1.807, 2.05) is 0 Å². The molecule has 0 aromatic heterocycles. The maximum atomic E-state index is 11.0. The van der Waals surface area contributed by atoms with E-state index in [1.54, 1.807) is 0 Å². The zero-order valence-electron chi connectivity index (χ0n) is 6.95. The Labute approximate surface area is 75.1 Å². The van der Waals surface area contributed by atoms with Crippen LogP contribution in [0, 0.1) is 0 Å². The first kappa shape index (κ1) is 9.69. The summed E-state index contributed by atoms with van der Waals surface area (Å²) in [4.78, 5) is 26.5. The second-order valence-corrected chi connectivity index (χ2v) is 2.48. The molecule has 1 heterocycles. The van der Waals surface area contributed by atoms with Gasteiger partial charge in [-0.25, -0.2) is 5.48 Å². The van der Waals surface area contributed by atoms with E-state index < -0.39 is 6.04 Å². The third-order valence-corrected chi connectivity index (χ3v) is 1.46. The molecule has 6 heteroatoms. The van der Waals surface area contributed by atoms with Gasteiger partial charge in [0.05, 0.1) is 0 Å². The number of amides is 2. The zero-order valence-corrected chi connectivity index (χ0v) is 6.95. The summed E-state index contributed by atoms with van der Waals surface area (Å²) in [7, 11) is 0. The van der Waals surface area contributed by atoms with Crippen LogP contribution in [0.15, 0.2) is 12.2 Å². The highest BCUT2D eigenvalue weighted by Crippen LogP contribution is 1.93. The maximum absolute atomic E-state index is 11.0. The lowest BCUT2D eigenvalue weighted by atomic mass is 10.3. The van der Waals surface area contributed by atoms with Gasteiger partial charge in [-0.15, -0.1) is 0 Å². The number of hydroxylamine groups is 1. The Kier molecular flexibility index (Phi) is 3.41. The molecule has 0 saturated carbocycles. The summed E-state index contributed by atoms with van der Waals surface area (Å²) >= 11 is 0. The van der Waals surface area contributed by atoms with Gasteiger partial charge in [-0.2, -0.15) is 0 Å². The minimum Gasteiger partial charge on any atom is -0.339 e. The van der Waals surface area contributed by atoms with Gasteiger partial charge in [0.15, 0.2) is 0 Å². The number of hydrogen-bond acceptors (Lipinski definition) is 4.